The summed E-state index contributed by atoms with van der Waals surface area (Å²) < 4.78 is 68.5. The number of nitrogens with one attached hydrogen (secondary N) is 1. The van der Waals surface area contributed by atoms with Crippen molar-refractivity contribution in [3.63, 3.8) is 0 Å². The zero-order valence-corrected chi connectivity index (χ0v) is 14.9. The molecule has 0 aliphatic heterocycles. The van der Waals surface area contributed by atoms with Crippen LogP contribution in [0.2, 0.25) is 5.02 Å². The van der Waals surface area contributed by atoms with Gasteiger partial charge in [-0.1, -0.05) is 41.9 Å². The van der Waals surface area contributed by atoms with E-state index in [0.717, 1.165) is 16.9 Å². The molecular formula is C18H11ClF5N3O. The summed E-state index contributed by atoms with van der Waals surface area (Å²) >= 11 is 5.69. The zero-order chi connectivity index (χ0) is 20.6. The molecule has 3 rings (SSSR count). The largest absolute Gasteiger partial charge is 0.435 e. The molecule has 0 saturated heterocycles. The minimum Gasteiger partial charge on any atom is -0.319 e. The van der Waals surface area contributed by atoms with Crippen molar-refractivity contribution in [1.29, 1.82) is 0 Å². The number of benzene rings is 2. The van der Waals surface area contributed by atoms with Gasteiger partial charge in [-0.05, 0) is 11.6 Å². The lowest BCUT2D eigenvalue weighted by molar-refractivity contribution is -0.141. The summed E-state index contributed by atoms with van der Waals surface area (Å²) in [6, 6.07) is 9.07. The summed E-state index contributed by atoms with van der Waals surface area (Å²) in [6.45, 7) is 0. The summed E-state index contributed by atoms with van der Waals surface area (Å²) in [6.07, 6.45) is -4.06. The van der Waals surface area contributed by atoms with E-state index in [2.05, 4.69) is 5.10 Å². The van der Waals surface area contributed by atoms with Gasteiger partial charge in [-0.15, -0.1) is 0 Å². The van der Waals surface area contributed by atoms with Crippen molar-refractivity contribution < 1.29 is 26.7 Å². The second kappa shape index (κ2) is 7.23. The molecule has 0 spiro atoms. The van der Waals surface area contributed by atoms with E-state index < -0.39 is 45.7 Å². The number of carbonyl (C=O) groups is 1. The van der Waals surface area contributed by atoms with Crippen molar-refractivity contribution in [2.75, 3.05) is 5.32 Å². The number of alkyl halides is 3. The number of anilines is 1. The Bertz CT molecular complexity index is 1050. The maximum absolute atomic E-state index is 14.5. The summed E-state index contributed by atoms with van der Waals surface area (Å²) in [5.41, 5.74) is -2.52. The summed E-state index contributed by atoms with van der Waals surface area (Å²) in [5, 5.41) is 4.71. The molecule has 4 nitrogen and oxygen atoms in total. The summed E-state index contributed by atoms with van der Waals surface area (Å²) in [5.74, 6) is -4.21. The van der Waals surface area contributed by atoms with Gasteiger partial charge in [0.05, 0.1) is 16.3 Å². The first-order valence-corrected chi connectivity index (χ1v) is 8.12. The van der Waals surface area contributed by atoms with Crippen molar-refractivity contribution >= 4 is 23.2 Å². The standard InChI is InChI=1S/C18H11ClF5N3O/c1-27-8-11(16(26-27)18(22,23)24)17(28)25-15-10(9-5-3-2-4-6-9)7-12(19)13(20)14(15)21/h2-8H,1H3,(H,25,28). The summed E-state index contributed by atoms with van der Waals surface area (Å²) in [4.78, 5) is 12.4. The first-order valence-electron chi connectivity index (χ1n) is 7.74. The monoisotopic (exact) mass is 415 g/mol. The first-order chi connectivity index (χ1) is 13.1. The van der Waals surface area contributed by atoms with E-state index >= 15 is 0 Å². The van der Waals surface area contributed by atoms with Crippen molar-refractivity contribution in [3.8, 4) is 11.1 Å². The van der Waals surface area contributed by atoms with Gasteiger partial charge in [0.2, 0.25) is 0 Å². The van der Waals surface area contributed by atoms with Crippen LogP contribution in [-0.4, -0.2) is 15.7 Å². The number of hydrogen-bond donors (Lipinski definition) is 1. The highest BCUT2D eigenvalue weighted by molar-refractivity contribution is 6.31. The molecule has 0 aliphatic rings. The fraction of sp³-hybridized carbons (Fsp3) is 0.111. The summed E-state index contributed by atoms with van der Waals surface area (Å²) in [7, 11) is 1.20. The van der Waals surface area contributed by atoms with Crippen LogP contribution in [0.4, 0.5) is 27.6 Å². The molecule has 0 aliphatic carbocycles. The van der Waals surface area contributed by atoms with Gasteiger partial charge in [0.25, 0.3) is 5.91 Å². The predicted octanol–water partition coefficient (Wildman–Crippen LogP) is 5.29. The van der Waals surface area contributed by atoms with Crippen molar-refractivity contribution in [2.45, 2.75) is 6.18 Å². The molecular weight excluding hydrogens is 405 g/mol. The molecule has 10 heteroatoms. The van der Waals surface area contributed by atoms with Gasteiger partial charge in [0.15, 0.2) is 17.3 Å². The molecule has 1 N–H and O–H groups in total. The molecule has 0 atom stereocenters. The number of carbonyl (C=O) groups excluding carboxylic acids is 1. The average Bonchev–Trinajstić information content (AvgIpc) is 3.05. The van der Waals surface area contributed by atoms with Gasteiger partial charge in [-0.3, -0.25) is 9.48 Å². The first kappa shape index (κ1) is 19.8. The third-order valence-corrected chi connectivity index (χ3v) is 4.10. The highest BCUT2D eigenvalue weighted by Gasteiger charge is 2.39. The number of nitrogens with zero attached hydrogens (tertiary/aromatic N) is 2. The molecule has 0 unspecified atom stereocenters. The predicted molar refractivity (Wildman–Crippen MR) is 93.0 cm³/mol. The van der Waals surface area contributed by atoms with Gasteiger partial charge < -0.3 is 5.32 Å². The maximum atomic E-state index is 14.5. The lowest BCUT2D eigenvalue weighted by atomic mass is 10.0. The van der Waals surface area contributed by atoms with Gasteiger partial charge in [-0.2, -0.15) is 18.3 Å². The van der Waals surface area contributed by atoms with Crippen molar-refractivity contribution in [3.05, 3.63) is 70.5 Å². The van der Waals surface area contributed by atoms with E-state index in [1.165, 1.54) is 7.05 Å². The number of aromatic nitrogens is 2. The molecule has 1 heterocycles. The second-order valence-electron chi connectivity index (χ2n) is 5.79. The third kappa shape index (κ3) is 3.70. The van der Waals surface area contributed by atoms with E-state index in [1.54, 1.807) is 30.3 Å². The molecule has 28 heavy (non-hydrogen) atoms. The zero-order valence-electron chi connectivity index (χ0n) is 14.1. The maximum Gasteiger partial charge on any atom is 0.435 e. The number of rotatable bonds is 3. The SMILES string of the molecule is Cn1cc(C(=O)Nc2c(-c3ccccc3)cc(Cl)c(F)c2F)c(C(F)(F)F)n1. The number of amides is 1. The van der Waals surface area contributed by atoms with Gasteiger partial charge >= 0.3 is 6.18 Å². The Labute approximate surface area is 160 Å². The minimum absolute atomic E-state index is 0.00954. The fourth-order valence-corrected chi connectivity index (χ4v) is 2.80. The van der Waals surface area contributed by atoms with Crippen molar-refractivity contribution in [2.24, 2.45) is 7.05 Å². The molecule has 0 saturated carbocycles. The minimum atomic E-state index is -4.90. The van der Waals surface area contributed by atoms with E-state index in [1.807, 2.05) is 5.32 Å². The smallest absolute Gasteiger partial charge is 0.319 e. The molecule has 1 amide bonds. The van der Waals surface area contributed by atoms with Crippen LogP contribution in [0.5, 0.6) is 0 Å². The Hall–Kier alpha value is -2.94. The van der Waals surface area contributed by atoms with E-state index in [4.69, 9.17) is 11.6 Å². The molecule has 0 radical (unpaired) electrons. The molecule has 2 aromatic carbocycles. The third-order valence-electron chi connectivity index (χ3n) is 3.83. The van der Waals surface area contributed by atoms with Crippen LogP contribution >= 0.6 is 11.6 Å². The number of hydrogen-bond acceptors (Lipinski definition) is 2. The molecule has 146 valence electrons. The molecule has 0 bridgehead atoms. The Balaban J connectivity index is 2.11. The highest BCUT2D eigenvalue weighted by Crippen LogP contribution is 2.37. The van der Waals surface area contributed by atoms with E-state index in [9.17, 15) is 26.7 Å². The number of aryl methyl sites for hydroxylation is 1. The van der Waals surface area contributed by atoms with E-state index in [0.29, 0.717) is 5.56 Å². The van der Waals surface area contributed by atoms with Crippen LogP contribution in [0.1, 0.15) is 16.1 Å². The Morgan fingerprint density at radius 1 is 1.14 bits per heavy atom. The van der Waals surface area contributed by atoms with Crippen molar-refractivity contribution in [1.82, 2.24) is 9.78 Å². The number of halogens is 6. The van der Waals surface area contributed by atoms with Gasteiger partial charge in [0.1, 0.15) is 0 Å². The lowest BCUT2D eigenvalue weighted by Crippen LogP contribution is -2.19. The molecule has 1 aromatic heterocycles. The lowest BCUT2D eigenvalue weighted by Gasteiger charge is -2.14. The van der Waals surface area contributed by atoms with E-state index in [-0.39, 0.29) is 5.56 Å². The van der Waals surface area contributed by atoms with Crippen LogP contribution in [0, 0.1) is 11.6 Å². The molecule has 3 aromatic rings. The van der Waals surface area contributed by atoms with Crippen LogP contribution in [-0.2, 0) is 13.2 Å². The Morgan fingerprint density at radius 2 is 1.79 bits per heavy atom. The van der Waals surface area contributed by atoms with Crippen LogP contribution in [0.15, 0.2) is 42.6 Å². The topological polar surface area (TPSA) is 46.9 Å². The van der Waals surface area contributed by atoms with Gasteiger partial charge in [0, 0.05) is 18.8 Å². The normalized spacial score (nSPS) is 11.5. The highest BCUT2D eigenvalue weighted by atomic mass is 35.5. The average molecular weight is 416 g/mol. The van der Waals surface area contributed by atoms with Gasteiger partial charge in [-0.25, -0.2) is 8.78 Å². The quantitative estimate of drug-likeness (QED) is 0.466. The van der Waals surface area contributed by atoms with Crippen LogP contribution in [0.25, 0.3) is 11.1 Å². The van der Waals surface area contributed by atoms with Crippen LogP contribution < -0.4 is 5.32 Å². The van der Waals surface area contributed by atoms with Crippen LogP contribution in [0.3, 0.4) is 0 Å². The fourth-order valence-electron chi connectivity index (χ4n) is 2.61. The molecule has 0 fully saturated rings. The second-order valence-corrected chi connectivity index (χ2v) is 6.20. The Kier molecular flexibility index (Phi) is 5.12. The Morgan fingerprint density at radius 3 is 2.39 bits per heavy atom.